The fraction of sp³-hybridized carbons (Fsp3) is 0.600. The number of nitrogens with one attached hydrogen (secondary N) is 1. The largest absolute Gasteiger partial charge is 0.480 e. The van der Waals surface area contributed by atoms with Gasteiger partial charge in [0.1, 0.15) is 5.54 Å². The number of amides is 1. The summed E-state index contributed by atoms with van der Waals surface area (Å²) in [4.78, 5) is 23.1. The number of rotatable bonds is 3. The van der Waals surface area contributed by atoms with Crippen molar-refractivity contribution in [3.8, 4) is 0 Å². The summed E-state index contributed by atoms with van der Waals surface area (Å²) in [5, 5.41) is 11.9. The molecule has 0 radical (unpaired) electrons. The molecule has 7 heteroatoms. The minimum atomic E-state index is -1.13. The first kappa shape index (κ1) is 12.0. The van der Waals surface area contributed by atoms with E-state index in [-0.39, 0.29) is 5.69 Å². The van der Waals surface area contributed by atoms with Crippen molar-refractivity contribution in [1.82, 2.24) is 14.1 Å². The van der Waals surface area contributed by atoms with E-state index in [2.05, 4.69) is 14.1 Å². The van der Waals surface area contributed by atoms with Crippen LogP contribution < -0.4 is 5.32 Å². The number of carbonyl (C=O) groups excluding carboxylic acids is 1. The van der Waals surface area contributed by atoms with Gasteiger partial charge in [-0.1, -0.05) is 19.3 Å². The Morgan fingerprint density at radius 2 is 2.06 bits per heavy atom. The fourth-order valence-corrected chi connectivity index (χ4v) is 2.51. The molecule has 0 atom stereocenters. The molecule has 1 amide bonds. The van der Waals surface area contributed by atoms with Crippen LogP contribution in [0.5, 0.6) is 0 Å². The summed E-state index contributed by atoms with van der Waals surface area (Å²) in [6, 6.07) is 0. The van der Waals surface area contributed by atoms with Crippen LogP contribution >= 0.6 is 11.7 Å². The summed E-state index contributed by atoms with van der Waals surface area (Å²) >= 11 is 0.929. The summed E-state index contributed by atoms with van der Waals surface area (Å²) in [7, 11) is 0. The summed E-state index contributed by atoms with van der Waals surface area (Å²) < 4.78 is 7.52. The Morgan fingerprint density at radius 1 is 1.35 bits per heavy atom. The third-order valence-electron chi connectivity index (χ3n) is 3.06. The topological polar surface area (TPSA) is 92.2 Å². The Kier molecular flexibility index (Phi) is 3.37. The van der Waals surface area contributed by atoms with E-state index in [1.807, 2.05) is 0 Å². The Morgan fingerprint density at radius 3 is 2.59 bits per heavy atom. The summed E-state index contributed by atoms with van der Waals surface area (Å²) in [6.07, 6.45) is 4.96. The summed E-state index contributed by atoms with van der Waals surface area (Å²) in [5.74, 6) is -1.42. The number of nitrogens with zero attached hydrogens (tertiary/aromatic N) is 2. The van der Waals surface area contributed by atoms with Crippen molar-refractivity contribution >= 4 is 23.6 Å². The third kappa shape index (κ3) is 2.44. The second kappa shape index (κ2) is 4.79. The van der Waals surface area contributed by atoms with Crippen molar-refractivity contribution in [2.75, 3.05) is 0 Å². The zero-order chi connectivity index (χ0) is 12.3. The molecular weight excluding hydrogens is 242 g/mol. The molecule has 1 saturated carbocycles. The van der Waals surface area contributed by atoms with Gasteiger partial charge in [-0.05, 0) is 12.8 Å². The predicted molar refractivity (Wildman–Crippen MR) is 60.8 cm³/mol. The first-order valence-electron chi connectivity index (χ1n) is 5.47. The van der Waals surface area contributed by atoms with E-state index in [1.54, 1.807) is 0 Å². The highest BCUT2D eigenvalue weighted by Gasteiger charge is 2.41. The molecular formula is C10H13N3O3S. The lowest BCUT2D eigenvalue weighted by Gasteiger charge is -2.33. The fourth-order valence-electron chi connectivity index (χ4n) is 2.09. The van der Waals surface area contributed by atoms with Crippen molar-refractivity contribution in [2.45, 2.75) is 37.6 Å². The van der Waals surface area contributed by atoms with E-state index in [1.165, 1.54) is 6.20 Å². The molecule has 1 heterocycles. The van der Waals surface area contributed by atoms with Gasteiger partial charge in [0.15, 0.2) is 5.69 Å². The third-order valence-corrected chi connectivity index (χ3v) is 3.54. The lowest BCUT2D eigenvalue weighted by molar-refractivity contribution is -0.145. The SMILES string of the molecule is O=C(NC1(C(=O)O)CCCCC1)c1cnsn1. The molecule has 0 saturated heterocycles. The Hall–Kier alpha value is -1.50. The van der Waals surface area contributed by atoms with E-state index in [4.69, 9.17) is 0 Å². The standard InChI is InChI=1S/C10H13N3O3S/c14-8(7-6-11-17-13-7)12-10(9(15)16)4-2-1-3-5-10/h6H,1-5H2,(H,12,14)(H,15,16). The molecule has 2 N–H and O–H groups in total. The second-order valence-electron chi connectivity index (χ2n) is 4.19. The molecule has 1 fully saturated rings. The molecule has 1 aromatic heterocycles. The minimum Gasteiger partial charge on any atom is -0.480 e. The number of carbonyl (C=O) groups is 2. The number of hydrogen-bond donors (Lipinski definition) is 2. The van der Waals surface area contributed by atoms with Gasteiger partial charge >= 0.3 is 5.97 Å². The predicted octanol–water partition coefficient (Wildman–Crippen LogP) is 1.06. The van der Waals surface area contributed by atoms with Crippen LogP contribution in [0.4, 0.5) is 0 Å². The molecule has 0 unspecified atom stereocenters. The monoisotopic (exact) mass is 255 g/mol. The Balaban J connectivity index is 2.13. The van der Waals surface area contributed by atoms with Crippen LogP contribution in [-0.2, 0) is 4.79 Å². The van der Waals surface area contributed by atoms with E-state index in [9.17, 15) is 14.7 Å². The molecule has 0 spiro atoms. The van der Waals surface area contributed by atoms with E-state index < -0.39 is 17.4 Å². The molecule has 92 valence electrons. The van der Waals surface area contributed by atoms with Crippen LogP contribution in [-0.4, -0.2) is 31.3 Å². The average Bonchev–Trinajstić information content (AvgIpc) is 2.83. The Bertz CT molecular complexity index is 412. The van der Waals surface area contributed by atoms with Crippen LogP contribution in [0.15, 0.2) is 6.20 Å². The summed E-state index contributed by atoms with van der Waals surface area (Å²) in [5.41, 5.74) is -0.944. The zero-order valence-corrected chi connectivity index (χ0v) is 10.00. The van der Waals surface area contributed by atoms with Gasteiger partial charge in [0, 0.05) is 0 Å². The van der Waals surface area contributed by atoms with Crippen molar-refractivity contribution in [2.24, 2.45) is 0 Å². The van der Waals surface area contributed by atoms with Crippen molar-refractivity contribution in [1.29, 1.82) is 0 Å². The van der Waals surface area contributed by atoms with Gasteiger partial charge < -0.3 is 10.4 Å². The molecule has 1 aliphatic rings. The highest BCUT2D eigenvalue weighted by molar-refractivity contribution is 6.99. The zero-order valence-electron chi connectivity index (χ0n) is 9.18. The maximum atomic E-state index is 11.8. The first-order chi connectivity index (χ1) is 8.14. The number of carboxylic acids is 1. The van der Waals surface area contributed by atoms with Crippen molar-refractivity contribution < 1.29 is 14.7 Å². The number of aromatic nitrogens is 2. The van der Waals surface area contributed by atoms with Gasteiger partial charge in [-0.2, -0.15) is 8.75 Å². The lowest BCUT2D eigenvalue weighted by Crippen LogP contribution is -2.55. The number of carboxylic acid groups (broad SMARTS) is 1. The normalized spacial score (nSPS) is 18.6. The quantitative estimate of drug-likeness (QED) is 0.842. The minimum absolute atomic E-state index is 0.182. The highest BCUT2D eigenvalue weighted by atomic mass is 32.1. The van der Waals surface area contributed by atoms with Crippen LogP contribution in [0, 0.1) is 0 Å². The van der Waals surface area contributed by atoms with Gasteiger partial charge in [-0.25, -0.2) is 4.79 Å². The van der Waals surface area contributed by atoms with Gasteiger partial charge in [-0.3, -0.25) is 4.79 Å². The van der Waals surface area contributed by atoms with Crippen LogP contribution in [0.2, 0.25) is 0 Å². The van der Waals surface area contributed by atoms with Crippen molar-refractivity contribution in [3.05, 3.63) is 11.9 Å². The summed E-state index contributed by atoms with van der Waals surface area (Å²) in [6.45, 7) is 0. The first-order valence-corrected chi connectivity index (χ1v) is 6.20. The number of hydrogen-bond acceptors (Lipinski definition) is 5. The Labute approximate surface area is 102 Å². The van der Waals surface area contributed by atoms with Gasteiger partial charge in [0.25, 0.3) is 5.91 Å². The second-order valence-corrected chi connectivity index (χ2v) is 4.75. The van der Waals surface area contributed by atoms with Crippen molar-refractivity contribution in [3.63, 3.8) is 0 Å². The number of aliphatic carboxylic acids is 1. The molecule has 6 nitrogen and oxygen atoms in total. The molecule has 1 aromatic rings. The van der Waals surface area contributed by atoms with E-state index in [0.717, 1.165) is 31.0 Å². The van der Waals surface area contributed by atoms with Gasteiger partial charge in [0.05, 0.1) is 17.9 Å². The average molecular weight is 255 g/mol. The van der Waals surface area contributed by atoms with Gasteiger partial charge in [0.2, 0.25) is 0 Å². The van der Waals surface area contributed by atoms with Crippen LogP contribution in [0.25, 0.3) is 0 Å². The lowest BCUT2D eigenvalue weighted by atomic mass is 9.81. The van der Waals surface area contributed by atoms with E-state index >= 15 is 0 Å². The smallest absolute Gasteiger partial charge is 0.329 e. The molecule has 0 bridgehead atoms. The molecule has 1 aliphatic carbocycles. The highest BCUT2D eigenvalue weighted by Crippen LogP contribution is 2.28. The maximum Gasteiger partial charge on any atom is 0.329 e. The van der Waals surface area contributed by atoms with E-state index in [0.29, 0.717) is 12.8 Å². The maximum absolute atomic E-state index is 11.8. The molecule has 0 aromatic carbocycles. The molecule has 2 rings (SSSR count). The molecule has 17 heavy (non-hydrogen) atoms. The van der Waals surface area contributed by atoms with Gasteiger partial charge in [-0.15, -0.1) is 0 Å². The molecule has 0 aliphatic heterocycles. The van der Waals surface area contributed by atoms with Crippen LogP contribution in [0.3, 0.4) is 0 Å². The van der Waals surface area contributed by atoms with Crippen LogP contribution in [0.1, 0.15) is 42.6 Å².